The Morgan fingerprint density at radius 3 is 2.58 bits per heavy atom. The SMILES string of the molecule is CC1(C)C(=O)NCC(=O)N1Cc1ccc(Cl)c(Cl)c1. The lowest BCUT2D eigenvalue weighted by molar-refractivity contribution is -0.152. The number of carbonyl (C=O) groups is 2. The largest absolute Gasteiger partial charge is 0.345 e. The van der Waals surface area contributed by atoms with Crippen molar-refractivity contribution in [1.29, 1.82) is 0 Å². The van der Waals surface area contributed by atoms with Crippen molar-refractivity contribution in [3.8, 4) is 0 Å². The molecule has 0 aromatic heterocycles. The molecule has 0 radical (unpaired) electrons. The van der Waals surface area contributed by atoms with E-state index >= 15 is 0 Å². The maximum Gasteiger partial charge on any atom is 0.245 e. The third-order valence-electron chi connectivity index (χ3n) is 3.26. The molecule has 1 aromatic carbocycles. The summed E-state index contributed by atoms with van der Waals surface area (Å²) in [6.45, 7) is 3.80. The molecule has 1 aromatic rings. The number of nitrogens with one attached hydrogen (secondary N) is 1. The summed E-state index contributed by atoms with van der Waals surface area (Å²) in [6.07, 6.45) is 0. The number of hydrogen-bond acceptors (Lipinski definition) is 2. The van der Waals surface area contributed by atoms with Crippen LogP contribution >= 0.6 is 23.2 Å². The lowest BCUT2D eigenvalue weighted by Gasteiger charge is -2.41. The standard InChI is InChI=1S/C13H14Cl2N2O2/c1-13(2)12(19)16-6-11(18)17(13)7-8-3-4-9(14)10(15)5-8/h3-5H,6-7H2,1-2H3,(H,16,19). The molecule has 1 N–H and O–H groups in total. The van der Waals surface area contributed by atoms with Gasteiger partial charge in [-0.05, 0) is 31.5 Å². The highest BCUT2D eigenvalue weighted by molar-refractivity contribution is 6.42. The normalized spacial score (nSPS) is 18.4. The molecule has 0 atom stereocenters. The van der Waals surface area contributed by atoms with Gasteiger partial charge in [-0.1, -0.05) is 29.3 Å². The van der Waals surface area contributed by atoms with Crippen molar-refractivity contribution < 1.29 is 9.59 Å². The molecular weight excluding hydrogens is 287 g/mol. The fourth-order valence-electron chi connectivity index (χ4n) is 2.01. The predicted molar refractivity (Wildman–Crippen MR) is 74.1 cm³/mol. The Kier molecular flexibility index (Phi) is 3.74. The topological polar surface area (TPSA) is 49.4 Å². The monoisotopic (exact) mass is 300 g/mol. The minimum atomic E-state index is -0.874. The van der Waals surface area contributed by atoms with E-state index < -0.39 is 5.54 Å². The fourth-order valence-corrected chi connectivity index (χ4v) is 2.33. The van der Waals surface area contributed by atoms with Crippen LogP contribution in [0.5, 0.6) is 0 Å². The number of piperazine rings is 1. The molecule has 1 heterocycles. The van der Waals surface area contributed by atoms with E-state index in [1.54, 1.807) is 36.9 Å². The number of benzene rings is 1. The van der Waals surface area contributed by atoms with Gasteiger partial charge in [-0.3, -0.25) is 9.59 Å². The Labute approximate surface area is 121 Å². The smallest absolute Gasteiger partial charge is 0.245 e. The fraction of sp³-hybridized carbons (Fsp3) is 0.385. The molecular formula is C13H14Cl2N2O2. The van der Waals surface area contributed by atoms with Gasteiger partial charge < -0.3 is 10.2 Å². The summed E-state index contributed by atoms with van der Waals surface area (Å²) in [4.78, 5) is 25.3. The van der Waals surface area contributed by atoms with Crippen LogP contribution in [0.25, 0.3) is 0 Å². The van der Waals surface area contributed by atoms with Gasteiger partial charge in [-0.25, -0.2) is 0 Å². The maximum atomic E-state index is 12.0. The molecule has 2 rings (SSSR count). The average molecular weight is 301 g/mol. The minimum Gasteiger partial charge on any atom is -0.345 e. The van der Waals surface area contributed by atoms with E-state index in [1.165, 1.54) is 0 Å². The number of nitrogens with zero attached hydrogens (tertiary/aromatic N) is 1. The van der Waals surface area contributed by atoms with Gasteiger partial charge in [0.2, 0.25) is 11.8 Å². The van der Waals surface area contributed by atoms with Crippen molar-refractivity contribution in [2.75, 3.05) is 6.54 Å². The second kappa shape index (κ2) is 5.02. The van der Waals surface area contributed by atoms with Crippen molar-refractivity contribution in [2.24, 2.45) is 0 Å². The lowest BCUT2D eigenvalue weighted by atomic mass is 9.97. The van der Waals surface area contributed by atoms with E-state index in [0.717, 1.165) is 5.56 Å². The second-order valence-electron chi connectivity index (χ2n) is 4.97. The number of halogens is 2. The van der Waals surface area contributed by atoms with E-state index in [-0.39, 0.29) is 18.4 Å². The van der Waals surface area contributed by atoms with Crippen LogP contribution in [0.3, 0.4) is 0 Å². The zero-order valence-electron chi connectivity index (χ0n) is 10.7. The van der Waals surface area contributed by atoms with Crippen molar-refractivity contribution in [2.45, 2.75) is 25.9 Å². The van der Waals surface area contributed by atoms with Gasteiger partial charge in [0, 0.05) is 6.54 Å². The molecule has 0 saturated carbocycles. The van der Waals surface area contributed by atoms with Crippen LogP contribution in [0, 0.1) is 0 Å². The van der Waals surface area contributed by atoms with E-state index in [9.17, 15) is 9.59 Å². The van der Waals surface area contributed by atoms with Gasteiger partial charge in [0.15, 0.2) is 0 Å². The molecule has 4 nitrogen and oxygen atoms in total. The lowest BCUT2D eigenvalue weighted by Crippen LogP contribution is -2.63. The van der Waals surface area contributed by atoms with E-state index in [4.69, 9.17) is 23.2 Å². The van der Waals surface area contributed by atoms with E-state index in [2.05, 4.69) is 5.32 Å². The molecule has 1 saturated heterocycles. The quantitative estimate of drug-likeness (QED) is 0.910. The molecule has 2 amide bonds. The van der Waals surface area contributed by atoms with Crippen molar-refractivity contribution in [3.05, 3.63) is 33.8 Å². The van der Waals surface area contributed by atoms with Crippen molar-refractivity contribution in [3.63, 3.8) is 0 Å². The summed E-state index contributed by atoms with van der Waals surface area (Å²) in [7, 11) is 0. The third-order valence-corrected chi connectivity index (χ3v) is 4.00. The Bertz CT molecular complexity index is 543. The molecule has 1 aliphatic rings. The maximum absolute atomic E-state index is 12.0. The van der Waals surface area contributed by atoms with Gasteiger partial charge in [-0.2, -0.15) is 0 Å². The van der Waals surface area contributed by atoms with E-state index in [1.807, 2.05) is 0 Å². The zero-order valence-corrected chi connectivity index (χ0v) is 12.2. The molecule has 0 unspecified atom stereocenters. The molecule has 6 heteroatoms. The van der Waals surface area contributed by atoms with Crippen LogP contribution in [-0.2, 0) is 16.1 Å². The second-order valence-corrected chi connectivity index (χ2v) is 5.78. The predicted octanol–water partition coefficient (Wildman–Crippen LogP) is 2.23. The summed E-state index contributed by atoms with van der Waals surface area (Å²) in [5.74, 6) is -0.275. The first-order valence-electron chi connectivity index (χ1n) is 5.85. The molecule has 19 heavy (non-hydrogen) atoms. The number of hydrogen-bond donors (Lipinski definition) is 1. The third kappa shape index (κ3) is 2.69. The number of carbonyl (C=O) groups excluding carboxylic acids is 2. The Hall–Kier alpha value is -1.26. The number of amides is 2. The van der Waals surface area contributed by atoms with Gasteiger partial charge in [0.1, 0.15) is 5.54 Å². The average Bonchev–Trinajstić information content (AvgIpc) is 2.34. The summed E-state index contributed by atoms with van der Waals surface area (Å²) in [5, 5.41) is 3.48. The zero-order chi connectivity index (χ0) is 14.2. The van der Waals surface area contributed by atoms with Gasteiger partial charge in [0.05, 0.1) is 16.6 Å². The summed E-state index contributed by atoms with van der Waals surface area (Å²) < 4.78 is 0. The number of rotatable bonds is 2. The van der Waals surface area contributed by atoms with Gasteiger partial charge in [0.25, 0.3) is 0 Å². The molecule has 102 valence electrons. The molecule has 1 aliphatic heterocycles. The first-order chi connectivity index (χ1) is 8.82. The van der Waals surface area contributed by atoms with Crippen LogP contribution in [0.1, 0.15) is 19.4 Å². The van der Waals surface area contributed by atoms with Crippen LogP contribution < -0.4 is 5.32 Å². The summed E-state index contributed by atoms with van der Waals surface area (Å²) >= 11 is 11.8. The highest BCUT2D eigenvalue weighted by Gasteiger charge is 2.41. The molecule has 0 bridgehead atoms. The summed E-state index contributed by atoms with van der Waals surface area (Å²) in [6, 6.07) is 5.19. The van der Waals surface area contributed by atoms with Gasteiger partial charge in [-0.15, -0.1) is 0 Å². The van der Waals surface area contributed by atoms with Gasteiger partial charge >= 0.3 is 0 Å². The highest BCUT2D eigenvalue weighted by atomic mass is 35.5. The van der Waals surface area contributed by atoms with Crippen LogP contribution in [-0.4, -0.2) is 28.8 Å². The van der Waals surface area contributed by atoms with Crippen LogP contribution in [0.4, 0.5) is 0 Å². The van der Waals surface area contributed by atoms with Crippen LogP contribution in [0.15, 0.2) is 18.2 Å². The van der Waals surface area contributed by atoms with Crippen molar-refractivity contribution in [1.82, 2.24) is 10.2 Å². The Morgan fingerprint density at radius 1 is 1.26 bits per heavy atom. The molecule has 1 fully saturated rings. The Morgan fingerprint density at radius 2 is 1.95 bits per heavy atom. The highest BCUT2D eigenvalue weighted by Crippen LogP contribution is 2.26. The minimum absolute atomic E-state index is 0.0313. The summed E-state index contributed by atoms with van der Waals surface area (Å²) in [5.41, 5.74) is -0.0351. The Balaban J connectivity index is 2.27. The van der Waals surface area contributed by atoms with Crippen molar-refractivity contribution >= 4 is 35.0 Å². The van der Waals surface area contributed by atoms with Crippen LogP contribution in [0.2, 0.25) is 10.0 Å². The first kappa shape index (κ1) is 14.2. The molecule has 0 spiro atoms. The van der Waals surface area contributed by atoms with E-state index in [0.29, 0.717) is 16.6 Å². The first-order valence-corrected chi connectivity index (χ1v) is 6.60. The molecule has 0 aliphatic carbocycles.